The van der Waals surface area contributed by atoms with Crippen molar-refractivity contribution in [1.29, 1.82) is 0 Å². The molecule has 0 radical (unpaired) electrons. The molecule has 0 saturated carbocycles. The molecule has 1 fully saturated rings. The first-order valence-corrected chi connectivity index (χ1v) is 6.42. The van der Waals surface area contributed by atoms with Gasteiger partial charge >= 0.3 is 0 Å². The lowest BCUT2D eigenvalue weighted by Gasteiger charge is -2.22. The van der Waals surface area contributed by atoms with Gasteiger partial charge in [0.1, 0.15) is 5.75 Å². The zero-order valence-electron chi connectivity index (χ0n) is 10.2. The smallest absolute Gasteiger partial charge is 0.119 e. The lowest BCUT2D eigenvalue weighted by molar-refractivity contribution is 0.218. The van der Waals surface area contributed by atoms with Crippen LogP contribution in [0.3, 0.4) is 0 Å². The summed E-state index contributed by atoms with van der Waals surface area (Å²) >= 11 is 0. The Hall–Kier alpha value is -1.06. The highest BCUT2D eigenvalue weighted by Crippen LogP contribution is 2.16. The van der Waals surface area contributed by atoms with Gasteiger partial charge in [-0.1, -0.05) is 12.1 Å². The molecule has 94 valence electrons. The highest BCUT2D eigenvalue weighted by atomic mass is 16.5. The van der Waals surface area contributed by atoms with Crippen molar-refractivity contribution < 1.29 is 9.84 Å². The standard InChI is InChI=1S/C14H21NO2/c16-8-6-12-3-1-5-14(9-12)17-11-13-4-2-7-15-10-13/h1,3,5,9,13,15-16H,2,4,6-8,10-11H2. The molecule has 3 heteroatoms. The number of piperidine rings is 1. The van der Waals surface area contributed by atoms with Crippen LogP contribution in [0.2, 0.25) is 0 Å². The minimum atomic E-state index is 0.190. The highest BCUT2D eigenvalue weighted by Gasteiger charge is 2.13. The van der Waals surface area contributed by atoms with E-state index in [9.17, 15) is 0 Å². The monoisotopic (exact) mass is 235 g/mol. The maximum atomic E-state index is 8.90. The van der Waals surface area contributed by atoms with E-state index < -0.39 is 0 Å². The Balaban J connectivity index is 1.83. The van der Waals surface area contributed by atoms with Gasteiger partial charge in [0, 0.05) is 19.1 Å². The second-order valence-corrected chi connectivity index (χ2v) is 4.64. The summed E-state index contributed by atoms with van der Waals surface area (Å²) < 4.78 is 5.81. The molecular formula is C14H21NO2. The Morgan fingerprint density at radius 2 is 2.35 bits per heavy atom. The number of hydrogen-bond donors (Lipinski definition) is 2. The molecule has 1 heterocycles. The Labute approximate surface area is 103 Å². The first-order valence-electron chi connectivity index (χ1n) is 6.42. The van der Waals surface area contributed by atoms with E-state index in [1.165, 1.54) is 12.8 Å². The summed E-state index contributed by atoms with van der Waals surface area (Å²) in [6.45, 7) is 3.18. The average molecular weight is 235 g/mol. The lowest BCUT2D eigenvalue weighted by Crippen LogP contribution is -2.33. The molecule has 1 unspecified atom stereocenters. The van der Waals surface area contributed by atoms with Gasteiger partial charge in [-0.15, -0.1) is 0 Å². The topological polar surface area (TPSA) is 41.5 Å². The highest BCUT2D eigenvalue weighted by molar-refractivity contribution is 5.28. The van der Waals surface area contributed by atoms with Gasteiger partial charge in [-0.3, -0.25) is 0 Å². The van der Waals surface area contributed by atoms with Gasteiger partial charge in [-0.05, 0) is 43.5 Å². The summed E-state index contributed by atoms with van der Waals surface area (Å²) in [7, 11) is 0. The second kappa shape index (κ2) is 6.62. The van der Waals surface area contributed by atoms with E-state index in [4.69, 9.17) is 9.84 Å². The van der Waals surface area contributed by atoms with Crippen LogP contribution in [0.4, 0.5) is 0 Å². The van der Waals surface area contributed by atoms with E-state index in [-0.39, 0.29) is 6.61 Å². The zero-order chi connectivity index (χ0) is 11.9. The zero-order valence-corrected chi connectivity index (χ0v) is 10.2. The average Bonchev–Trinajstić information content (AvgIpc) is 2.39. The number of ether oxygens (including phenoxy) is 1. The number of benzene rings is 1. The summed E-state index contributed by atoms with van der Waals surface area (Å²) in [5, 5.41) is 12.3. The van der Waals surface area contributed by atoms with Crippen LogP contribution in [-0.4, -0.2) is 31.4 Å². The van der Waals surface area contributed by atoms with Crippen LogP contribution in [0, 0.1) is 5.92 Å². The molecule has 2 N–H and O–H groups in total. The fourth-order valence-corrected chi connectivity index (χ4v) is 2.20. The molecule has 0 amide bonds. The molecule has 0 aromatic heterocycles. The quantitative estimate of drug-likeness (QED) is 0.814. The molecular weight excluding hydrogens is 214 g/mol. The fourth-order valence-electron chi connectivity index (χ4n) is 2.20. The third kappa shape index (κ3) is 4.02. The molecule has 0 bridgehead atoms. The number of aliphatic hydroxyl groups excluding tert-OH is 1. The molecule has 1 aliphatic rings. The van der Waals surface area contributed by atoms with Crippen LogP contribution in [0.15, 0.2) is 24.3 Å². The maximum Gasteiger partial charge on any atom is 0.119 e. The Morgan fingerprint density at radius 3 is 3.12 bits per heavy atom. The van der Waals surface area contributed by atoms with Gasteiger partial charge in [-0.2, -0.15) is 0 Å². The van der Waals surface area contributed by atoms with Crippen LogP contribution < -0.4 is 10.1 Å². The predicted octanol–water partition coefficient (Wildman–Crippen LogP) is 1.60. The molecule has 1 aromatic rings. The maximum absolute atomic E-state index is 8.90. The number of nitrogens with one attached hydrogen (secondary N) is 1. The fraction of sp³-hybridized carbons (Fsp3) is 0.571. The molecule has 0 aliphatic carbocycles. The van der Waals surface area contributed by atoms with Crippen molar-refractivity contribution in [2.75, 3.05) is 26.3 Å². The first-order chi connectivity index (χ1) is 8.38. The van der Waals surface area contributed by atoms with Crippen molar-refractivity contribution in [3.8, 4) is 5.75 Å². The minimum absolute atomic E-state index is 0.190. The second-order valence-electron chi connectivity index (χ2n) is 4.64. The van der Waals surface area contributed by atoms with E-state index >= 15 is 0 Å². The van der Waals surface area contributed by atoms with Crippen molar-refractivity contribution in [3.05, 3.63) is 29.8 Å². The first kappa shape index (κ1) is 12.4. The van der Waals surface area contributed by atoms with Gasteiger partial charge in [-0.25, -0.2) is 0 Å². The van der Waals surface area contributed by atoms with Crippen molar-refractivity contribution in [2.45, 2.75) is 19.3 Å². The summed E-state index contributed by atoms with van der Waals surface area (Å²) in [6, 6.07) is 8.01. The normalized spacial score (nSPS) is 20.2. The summed E-state index contributed by atoms with van der Waals surface area (Å²) in [4.78, 5) is 0. The van der Waals surface area contributed by atoms with Gasteiger partial charge in [0.05, 0.1) is 6.61 Å². The number of aliphatic hydroxyl groups is 1. The molecule has 1 aromatic carbocycles. The van der Waals surface area contributed by atoms with Crippen LogP contribution in [0.25, 0.3) is 0 Å². The minimum Gasteiger partial charge on any atom is -0.493 e. The lowest BCUT2D eigenvalue weighted by atomic mass is 10.0. The molecule has 2 rings (SSSR count). The van der Waals surface area contributed by atoms with Crippen molar-refractivity contribution in [2.24, 2.45) is 5.92 Å². The van der Waals surface area contributed by atoms with Crippen LogP contribution in [0.1, 0.15) is 18.4 Å². The Bertz CT molecular complexity index is 335. The largest absolute Gasteiger partial charge is 0.493 e. The molecule has 1 aliphatic heterocycles. The third-order valence-corrected chi connectivity index (χ3v) is 3.18. The van der Waals surface area contributed by atoms with E-state index in [0.29, 0.717) is 12.3 Å². The Kier molecular flexibility index (Phi) is 4.83. The number of hydrogen-bond acceptors (Lipinski definition) is 3. The van der Waals surface area contributed by atoms with Gasteiger partial charge < -0.3 is 15.2 Å². The third-order valence-electron chi connectivity index (χ3n) is 3.18. The van der Waals surface area contributed by atoms with Crippen molar-refractivity contribution >= 4 is 0 Å². The molecule has 17 heavy (non-hydrogen) atoms. The van der Waals surface area contributed by atoms with E-state index in [1.807, 2.05) is 24.3 Å². The number of rotatable bonds is 5. The van der Waals surface area contributed by atoms with E-state index in [1.54, 1.807) is 0 Å². The van der Waals surface area contributed by atoms with Crippen LogP contribution >= 0.6 is 0 Å². The molecule has 1 saturated heterocycles. The van der Waals surface area contributed by atoms with E-state index in [0.717, 1.165) is 31.0 Å². The molecule has 3 nitrogen and oxygen atoms in total. The van der Waals surface area contributed by atoms with Crippen LogP contribution in [-0.2, 0) is 6.42 Å². The van der Waals surface area contributed by atoms with Crippen molar-refractivity contribution in [1.82, 2.24) is 5.32 Å². The predicted molar refractivity (Wildman–Crippen MR) is 68.3 cm³/mol. The summed E-state index contributed by atoms with van der Waals surface area (Å²) in [5.41, 5.74) is 1.13. The SMILES string of the molecule is OCCc1cccc(OCC2CCCNC2)c1. The Morgan fingerprint density at radius 1 is 1.41 bits per heavy atom. The molecule has 0 spiro atoms. The van der Waals surface area contributed by atoms with Gasteiger partial charge in [0.2, 0.25) is 0 Å². The van der Waals surface area contributed by atoms with Gasteiger partial charge in [0.25, 0.3) is 0 Å². The van der Waals surface area contributed by atoms with Gasteiger partial charge in [0.15, 0.2) is 0 Å². The summed E-state index contributed by atoms with van der Waals surface area (Å²) in [6.07, 6.45) is 3.20. The van der Waals surface area contributed by atoms with E-state index in [2.05, 4.69) is 5.32 Å². The summed E-state index contributed by atoms with van der Waals surface area (Å²) in [5.74, 6) is 1.55. The van der Waals surface area contributed by atoms with Crippen molar-refractivity contribution in [3.63, 3.8) is 0 Å². The molecule has 1 atom stereocenters. The van der Waals surface area contributed by atoms with Crippen LogP contribution in [0.5, 0.6) is 5.75 Å².